The van der Waals surface area contributed by atoms with Crippen molar-refractivity contribution < 1.29 is 4.52 Å². The fraction of sp³-hybridized carbons (Fsp3) is 0.318. The van der Waals surface area contributed by atoms with Crippen molar-refractivity contribution in [2.75, 3.05) is 20.6 Å². The molecule has 0 fully saturated rings. The third-order valence-corrected chi connectivity index (χ3v) is 4.36. The van der Waals surface area contributed by atoms with Crippen LogP contribution in [0.5, 0.6) is 0 Å². The minimum Gasteiger partial charge on any atom is -0.356 e. The zero-order chi connectivity index (χ0) is 19.8. The van der Waals surface area contributed by atoms with Crippen LogP contribution in [0.4, 0.5) is 0 Å². The molecule has 2 aromatic carbocycles. The molecule has 0 aliphatic carbocycles. The third-order valence-electron chi connectivity index (χ3n) is 4.36. The van der Waals surface area contributed by atoms with Crippen molar-refractivity contribution in [3.63, 3.8) is 0 Å². The quantitative estimate of drug-likeness (QED) is 0.504. The van der Waals surface area contributed by atoms with E-state index in [2.05, 4.69) is 39.7 Å². The summed E-state index contributed by atoms with van der Waals surface area (Å²) >= 11 is 0. The first-order valence-corrected chi connectivity index (χ1v) is 9.57. The van der Waals surface area contributed by atoms with Gasteiger partial charge in [0, 0.05) is 32.6 Å². The molecular formula is C22H27N5O. The Morgan fingerprint density at radius 3 is 2.43 bits per heavy atom. The maximum Gasteiger partial charge on any atom is 0.257 e. The molecule has 0 aliphatic rings. The number of aromatic nitrogens is 2. The van der Waals surface area contributed by atoms with E-state index < -0.39 is 0 Å². The van der Waals surface area contributed by atoms with Crippen molar-refractivity contribution in [2.24, 2.45) is 4.99 Å². The normalized spacial score (nSPS) is 11.5. The maximum absolute atomic E-state index is 5.29. The second-order valence-corrected chi connectivity index (χ2v) is 6.76. The van der Waals surface area contributed by atoms with Gasteiger partial charge in [0.2, 0.25) is 0 Å². The molecule has 0 spiro atoms. The summed E-state index contributed by atoms with van der Waals surface area (Å²) in [6.45, 7) is 3.49. The summed E-state index contributed by atoms with van der Waals surface area (Å²) < 4.78 is 5.29. The Morgan fingerprint density at radius 1 is 1.04 bits per heavy atom. The van der Waals surface area contributed by atoms with Gasteiger partial charge in [-0.15, -0.1) is 0 Å². The van der Waals surface area contributed by atoms with Gasteiger partial charge in [-0.2, -0.15) is 4.98 Å². The summed E-state index contributed by atoms with van der Waals surface area (Å²) in [5, 5.41) is 7.37. The van der Waals surface area contributed by atoms with E-state index in [1.54, 1.807) is 0 Å². The molecule has 1 N–H and O–H groups in total. The number of aliphatic imine (C=N–C) groups is 1. The molecule has 0 unspecified atom stereocenters. The highest BCUT2D eigenvalue weighted by atomic mass is 16.5. The molecule has 146 valence electrons. The van der Waals surface area contributed by atoms with Crippen molar-refractivity contribution >= 4 is 5.96 Å². The molecule has 0 bridgehead atoms. The highest BCUT2D eigenvalue weighted by Gasteiger charge is 2.07. The molecule has 0 aliphatic heterocycles. The van der Waals surface area contributed by atoms with E-state index in [-0.39, 0.29) is 0 Å². The lowest BCUT2D eigenvalue weighted by Crippen LogP contribution is -2.37. The van der Waals surface area contributed by atoms with E-state index in [1.165, 1.54) is 11.1 Å². The molecule has 6 nitrogen and oxygen atoms in total. The number of hydrogen-bond donors (Lipinski definition) is 1. The van der Waals surface area contributed by atoms with Gasteiger partial charge in [-0.05, 0) is 29.7 Å². The molecule has 1 heterocycles. The lowest BCUT2D eigenvalue weighted by Gasteiger charge is -2.17. The smallest absolute Gasteiger partial charge is 0.257 e. The average molecular weight is 377 g/mol. The van der Waals surface area contributed by atoms with Crippen LogP contribution in [0.15, 0.2) is 64.1 Å². The molecule has 0 amide bonds. The zero-order valence-corrected chi connectivity index (χ0v) is 16.7. The molecule has 3 rings (SSSR count). The summed E-state index contributed by atoms with van der Waals surface area (Å²) in [6, 6.07) is 18.5. The first-order valence-electron chi connectivity index (χ1n) is 9.57. The predicted octanol–water partition coefficient (Wildman–Crippen LogP) is 3.55. The first-order chi connectivity index (χ1) is 13.7. The van der Waals surface area contributed by atoms with Gasteiger partial charge < -0.3 is 14.7 Å². The topological polar surface area (TPSA) is 66.6 Å². The van der Waals surface area contributed by atoms with Crippen molar-refractivity contribution in [3.8, 4) is 11.5 Å². The highest BCUT2D eigenvalue weighted by Crippen LogP contribution is 2.18. The Balaban J connectivity index is 1.53. The number of hydrogen-bond acceptors (Lipinski definition) is 4. The number of guanidine groups is 1. The number of nitrogens with one attached hydrogen (secondary N) is 1. The van der Waals surface area contributed by atoms with E-state index in [0.29, 0.717) is 12.4 Å². The van der Waals surface area contributed by atoms with Crippen LogP contribution in [0.3, 0.4) is 0 Å². The first kappa shape index (κ1) is 19.6. The fourth-order valence-corrected chi connectivity index (χ4v) is 2.75. The molecule has 3 aromatic rings. The molecule has 0 atom stereocenters. The SMILES string of the molecule is CCc1noc(-c2ccc(CCNC(=NCc3ccccc3)N(C)C)cc2)n1. The van der Waals surface area contributed by atoms with Gasteiger partial charge in [0.15, 0.2) is 11.8 Å². The summed E-state index contributed by atoms with van der Waals surface area (Å²) in [6.07, 6.45) is 1.68. The Bertz CT molecular complexity index is 885. The molecule has 0 radical (unpaired) electrons. The Hall–Kier alpha value is -3.15. The van der Waals surface area contributed by atoms with Crippen LogP contribution in [-0.4, -0.2) is 41.6 Å². The molecule has 0 saturated heterocycles. The van der Waals surface area contributed by atoms with Gasteiger partial charge in [0.25, 0.3) is 5.89 Å². The standard InChI is InChI=1S/C22H27N5O/c1-4-20-25-21(28-26-20)19-12-10-17(11-13-19)14-15-23-22(27(2)3)24-16-18-8-6-5-7-9-18/h5-13H,4,14-16H2,1-3H3,(H,23,24). The van der Waals surface area contributed by atoms with E-state index >= 15 is 0 Å². The van der Waals surface area contributed by atoms with Crippen molar-refractivity contribution in [1.29, 1.82) is 0 Å². The van der Waals surface area contributed by atoms with Crippen molar-refractivity contribution in [2.45, 2.75) is 26.3 Å². The summed E-state index contributed by atoms with van der Waals surface area (Å²) in [5.74, 6) is 2.19. The van der Waals surface area contributed by atoms with Crippen LogP contribution in [0.1, 0.15) is 23.9 Å². The lowest BCUT2D eigenvalue weighted by atomic mass is 10.1. The minimum absolute atomic E-state index is 0.574. The van der Waals surface area contributed by atoms with E-state index in [9.17, 15) is 0 Å². The van der Waals surface area contributed by atoms with Gasteiger partial charge in [-0.3, -0.25) is 0 Å². The van der Waals surface area contributed by atoms with Gasteiger partial charge in [-0.25, -0.2) is 4.99 Å². The monoisotopic (exact) mass is 377 g/mol. The van der Waals surface area contributed by atoms with Gasteiger partial charge >= 0.3 is 0 Å². The minimum atomic E-state index is 0.574. The fourth-order valence-electron chi connectivity index (χ4n) is 2.75. The van der Waals surface area contributed by atoms with Crippen LogP contribution < -0.4 is 5.32 Å². The zero-order valence-electron chi connectivity index (χ0n) is 16.7. The lowest BCUT2D eigenvalue weighted by molar-refractivity contribution is 0.423. The number of aryl methyl sites for hydroxylation is 1. The molecule has 28 heavy (non-hydrogen) atoms. The molecule has 6 heteroatoms. The number of benzene rings is 2. The summed E-state index contributed by atoms with van der Waals surface area (Å²) in [4.78, 5) is 11.1. The maximum atomic E-state index is 5.29. The van der Waals surface area contributed by atoms with Crippen LogP contribution in [0.2, 0.25) is 0 Å². The van der Waals surface area contributed by atoms with Crippen LogP contribution in [0.25, 0.3) is 11.5 Å². The summed E-state index contributed by atoms with van der Waals surface area (Å²) in [5.41, 5.74) is 3.39. The number of rotatable bonds is 7. The van der Waals surface area contributed by atoms with Crippen molar-refractivity contribution in [1.82, 2.24) is 20.4 Å². The Morgan fingerprint density at radius 2 is 1.79 bits per heavy atom. The van der Waals surface area contributed by atoms with E-state index in [4.69, 9.17) is 9.52 Å². The highest BCUT2D eigenvalue weighted by molar-refractivity contribution is 5.79. The molecule has 1 aromatic heterocycles. The Labute approximate surface area is 166 Å². The van der Waals surface area contributed by atoms with E-state index in [0.717, 1.165) is 36.7 Å². The van der Waals surface area contributed by atoms with E-state index in [1.807, 2.05) is 56.3 Å². The van der Waals surface area contributed by atoms with Gasteiger partial charge in [0.05, 0.1) is 6.54 Å². The molecular weight excluding hydrogens is 350 g/mol. The van der Waals surface area contributed by atoms with Gasteiger partial charge in [0.1, 0.15) is 0 Å². The van der Waals surface area contributed by atoms with Crippen LogP contribution >= 0.6 is 0 Å². The average Bonchev–Trinajstić information content (AvgIpc) is 3.21. The van der Waals surface area contributed by atoms with Crippen LogP contribution in [0, 0.1) is 0 Å². The number of nitrogens with zero attached hydrogens (tertiary/aromatic N) is 4. The van der Waals surface area contributed by atoms with Crippen LogP contribution in [-0.2, 0) is 19.4 Å². The van der Waals surface area contributed by atoms with Crippen molar-refractivity contribution in [3.05, 3.63) is 71.5 Å². The largest absolute Gasteiger partial charge is 0.356 e. The predicted molar refractivity (Wildman–Crippen MR) is 112 cm³/mol. The summed E-state index contributed by atoms with van der Waals surface area (Å²) in [7, 11) is 4.00. The Kier molecular flexibility index (Phi) is 6.78. The second kappa shape index (κ2) is 9.69. The van der Waals surface area contributed by atoms with Gasteiger partial charge in [-0.1, -0.05) is 54.5 Å². The third kappa shape index (κ3) is 5.42. The molecule has 0 saturated carbocycles. The second-order valence-electron chi connectivity index (χ2n) is 6.76.